The van der Waals surface area contributed by atoms with Crippen molar-refractivity contribution in [3.05, 3.63) is 64.2 Å². The molecule has 2 aromatic carbocycles. The Kier molecular flexibility index (Phi) is 9.04. The third-order valence-corrected chi connectivity index (χ3v) is 6.26. The number of halogens is 1. The van der Waals surface area contributed by atoms with Gasteiger partial charge in [0.1, 0.15) is 17.7 Å². The lowest BCUT2D eigenvalue weighted by atomic mass is 9.99. The minimum absolute atomic E-state index is 0.262. The zero-order chi connectivity index (χ0) is 28.2. The van der Waals surface area contributed by atoms with Crippen molar-refractivity contribution in [2.24, 2.45) is 5.73 Å². The van der Waals surface area contributed by atoms with E-state index in [1.165, 1.54) is 4.90 Å². The topological polar surface area (TPSA) is 131 Å². The number of carbonyl (C=O) groups is 4. The highest BCUT2D eigenvalue weighted by molar-refractivity contribution is 6.34. The average molecular weight is 543 g/mol. The molecule has 0 saturated heterocycles. The van der Waals surface area contributed by atoms with Crippen LogP contribution in [0, 0.1) is 13.8 Å². The lowest BCUT2D eigenvalue weighted by Crippen LogP contribution is -2.54. The molecule has 0 aliphatic heterocycles. The summed E-state index contributed by atoms with van der Waals surface area (Å²) < 4.78 is 5.30. The number of hydrogen-bond donors (Lipinski definition) is 3. The van der Waals surface area contributed by atoms with Gasteiger partial charge in [-0.05, 0) is 64.7 Å². The van der Waals surface area contributed by atoms with Crippen LogP contribution in [0.1, 0.15) is 62.8 Å². The molecule has 0 radical (unpaired) electrons. The van der Waals surface area contributed by atoms with Crippen molar-refractivity contribution < 1.29 is 23.9 Å². The van der Waals surface area contributed by atoms with Crippen molar-refractivity contribution in [2.75, 3.05) is 5.32 Å². The summed E-state index contributed by atoms with van der Waals surface area (Å²) in [6, 6.07) is 9.93. The van der Waals surface area contributed by atoms with Crippen LogP contribution in [-0.4, -0.2) is 46.4 Å². The summed E-state index contributed by atoms with van der Waals surface area (Å²) in [5, 5.41) is 5.75. The van der Waals surface area contributed by atoms with Gasteiger partial charge in [-0.2, -0.15) is 0 Å². The Morgan fingerprint density at radius 1 is 1.11 bits per heavy atom. The second-order valence-corrected chi connectivity index (χ2v) is 11.0. The number of para-hydroxylation sites is 1. The molecule has 0 heterocycles. The number of amides is 4. The number of nitrogens with one attached hydrogen (secondary N) is 2. The van der Waals surface area contributed by atoms with Gasteiger partial charge < -0.3 is 26.0 Å². The maximum atomic E-state index is 14.0. The number of anilines is 1. The van der Waals surface area contributed by atoms with Gasteiger partial charge in [0, 0.05) is 6.04 Å². The highest BCUT2D eigenvalue weighted by atomic mass is 35.5. The largest absolute Gasteiger partial charge is 0.444 e. The number of nitrogens with zero attached hydrogens (tertiary/aromatic N) is 1. The fraction of sp³-hybridized carbons (Fsp3) is 0.429. The minimum Gasteiger partial charge on any atom is -0.444 e. The van der Waals surface area contributed by atoms with Crippen LogP contribution >= 0.6 is 11.6 Å². The fourth-order valence-corrected chi connectivity index (χ4v) is 4.43. The van der Waals surface area contributed by atoms with Crippen LogP contribution in [0.15, 0.2) is 42.5 Å². The lowest BCUT2D eigenvalue weighted by Gasteiger charge is -2.34. The van der Waals surface area contributed by atoms with E-state index in [1.54, 1.807) is 45.0 Å². The van der Waals surface area contributed by atoms with E-state index in [9.17, 15) is 19.2 Å². The van der Waals surface area contributed by atoms with Crippen LogP contribution in [0.4, 0.5) is 10.5 Å². The fourth-order valence-electron chi connectivity index (χ4n) is 4.16. The number of hydrogen-bond acceptors (Lipinski definition) is 5. The Labute approximate surface area is 228 Å². The third-order valence-electron chi connectivity index (χ3n) is 5.94. The molecule has 38 heavy (non-hydrogen) atoms. The SMILES string of the molecule is Cc1cccc(C(C(=O)Nc2c(C)cccc2Cl)N(C(=O)C(CC(N)=O)NC(=O)OC(C)(C)C)C2CC2)c1. The van der Waals surface area contributed by atoms with Gasteiger partial charge in [-0.15, -0.1) is 0 Å². The number of benzene rings is 2. The van der Waals surface area contributed by atoms with Gasteiger partial charge in [-0.3, -0.25) is 14.4 Å². The Bertz CT molecular complexity index is 1200. The number of ether oxygens (including phenoxy) is 1. The molecular formula is C28H35ClN4O5. The second-order valence-electron chi connectivity index (χ2n) is 10.6. The first-order chi connectivity index (χ1) is 17.8. The smallest absolute Gasteiger partial charge is 0.408 e. The van der Waals surface area contributed by atoms with Gasteiger partial charge in [-0.25, -0.2) is 4.79 Å². The van der Waals surface area contributed by atoms with Crippen LogP contribution in [-0.2, 0) is 19.1 Å². The number of rotatable bonds is 9. The highest BCUT2D eigenvalue weighted by Crippen LogP contribution is 2.37. The summed E-state index contributed by atoms with van der Waals surface area (Å²) in [4.78, 5) is 53.8. The average Bonchev–Trinajstić information content (AvgIpc) is 3.62. The predicted octanol–water partition coefficient (Wildman–Crippen LogP) is 4.40. The maximum absolute atomic E-state index is 14.0. The van der Waals surface area contributed by atoms with Gasteiger partial charge in [0.2, 0.25) is 11.8 Å². The van der Waals surface area contributed by atoms with Crippen molar-refractivity contribution in [3.63, 3.8) is 0 Å². The quantitative estimate of drug-likeness (QED) is 0.432. The number of carbonyl (C=O) groups excluding carboxylic acids is 4. The first kappa shape index (κ1) is 29.0. The summed E-state index contributed by atoms with van der Waals surface area (Å²) in [7, 11) is 0. The van der Waals surface area contributed by atoms with E-state index in [-0.39, 0.29) is 6.04 Å². The summed E-state index contributed by atoms with van der Waals surface area (Å²) in [5.41, 5.74) is 7.30. The summed E-state index contributed by atoms with van der Waals surface area (Å²) >= 11 is 6.38. The van der Waals surface area contributed by atoms with E-state index in [4.69, 9.17) is 22.1 Å². The molecule has 4 amide bonds. The minimum atomic E-state index is -1.31. The van der Waals surface area contributed by atoms with Gasteiger partial charge in [0.05, 0.1) is 17.1 Å². The van der Waals surface area contributed by atoms with E-state index < -0.39 is 47.9 Å². The summed E-state index contributed by atoms with van der Waals surface area (Å²) in [5.74, 6) is -1.85. The molecule has 2 unspecified atom stereocenters. The van der Waals surface area contributed by atoms with Crippen LogP contribution in [0.3, 0.4) is 0 Å². The molecule has 10 heteroatoms. The van der Waals surface area contributed by atoms with Crippen molar-refractivity contribution >= 4 is 41.1 Å². The first-order valence-electron chi connectivity index (χ1n) is 12.5. The van der Waals surface area contributed by atoms with Gasteiger partial charge in [-0.1, -0.05) is 53.6 Å². The highest BCUT2D eigenvalue weighted by Gasteiger charge is 2.44. The van der Waals surface area contributed by atoms with Crippen molar-refractivity contribution in [2.45, 2.75) is 77.6 Å². The Hall–Kier alpha value is -3.59. The van der Waals surface area contributed by atoms with E-state index in [2.05, 4.69) is 10.6 Å². The normalized spacial score (nSPS) is 14.7. The second kappa shape index (κ2) is 11.9. The molecule has 3 rings (SSSR count). The summed E-state index contributed by atoms with van der Waals surface area (Å²) in [6.45, 7) is 8.76. The molecule has 9 nitrogen and oxygen atoms in total. The zero-order valence-corrected chi connectivity index (χ0v) is 23.1. The van der Waals surface area contributed by atoms with E-state index in [0.29, 0.717) is 29.1 Å². The molecule has 0 spiro atoms. The molecule has 0 bridgehead atoms. The Balaban J connectivity index is 2.02. The summed E-state index contributed by atoms with van der Waals surface area (Å²) in [6.07, 6.45) is 0.0216. The number of aryl methyl sites for hydroxylation is 2. The number of alkyl carbamates (subject to hydrolysis) is 1. The molecule has 4 N–H and O–H groups in total. The van der Waals surface area contributed by atoms with E-state index >= 15 is 0 Å². The van der Waals surface area contributed by atoms with Crippen molar-refractivity contribution in [1.82, 2.24) is 10.2 Å². The maximum Gasteiger partial charge on any atom is 0.408 e. The number of primary amides is 1. The van der Waals surface area contributed by atoms with Crippen LogP contribution in [0.5, 0.6) is 0 Å². The van der Waals surface area contributed by atoms with Gasteiger partial charge >= 0.3 is 6.09 Å². The molecule has 1 saturated carbocycles. The van der Waals surface area contributed by atoms with Crippen LogP contribution < -0.4 is 16.4 Å². The standard InChI is InChI=1S/C28H35ClN4O5/c1-16-8-6-10-18(14-16)24(25(35)32-23-17(2)9-7-11-20(23)29)33(19-12-13-19)26(36)21(15-22(30)34)31-27(37)38-28(3,4)5/h6-11,14,19,21,24H,12-13,15H2,1-5H3,(H2,30,34)(H,31,37)(H,32,35). The molecule has 204 valence electrons. The molecule has 2 atom stereocenters. The van der Waals surface area contributed by atoms with Gasteiger partial charge in [0.25, 0.3) is 5.91 Å². The molecular weight excluding hydrogens is 508 g/mol. The van der Waals surface area contributed by atoms with E-state index in [0.717, 1.165) is 11.1 Å². The molecule has 2 aromatic rings. The Morgan fingerprint density at radius 3 is 2.32 bits per heavy atom. The first-order valence-corrected chi connectivity index (χ1v) is 12.9. The van der Waals surface area contributed by atoms with Crippen LogP contribution in [0.25, 0.3) is 0 Å². The van der Waals surface area contributed by atoms with Crippen molar-refractivity contribution in [1.29, 1.82) is 0 Å². The zero-order valence-electron chi connectivity index (χ0n) is 22.3. The van der Waals surface area contributed by atoms with Crippen molar-refractivity contribution in [3.8, 4) is 0 Å². The number of nitrogens with two attached hydrogens (primary N) is 1. The third kappa shape index (κ3) is 7.71. The predicted molar refractivity (Wildman–Crippen MR) is 146 cm³/mol. The molecule has 1 fully saturated rings. The van der Waals surface area contributed by atoms with Gasteiger partial charge in [0.15, 0.2) is 0 Å². The molecule has 0 aromatic heterocycles. The lowest BCUT2D eigenvalue weighted by molar-refractivity contribution is -0.142. The van der Waals surface area contributed by atoms with E-state index in [1.807, 2.05) is 32.0 Å². The molecule has 1 aliphatic carbocycles. The Morgan fingerprint density at radius 2 is 1.76 bits per heavy atom. The monoisotopic (exact) mass is 542 g/mol. The molecule has 1 aliphatic rings. The van der Waals surface area contributed by atoms with Crippen LogP contribution in [0.2, 0.25) is 5.02 Å².